The summed E-state index contributed by atoms with van der Waals surface area (Å²) in [6.45, 7) is 0. The molecule has 1 nitrogen and oxygen atoms in total. The molecular formula is C15H16O. The first-order valence-electron chi connectivity index (χ1n) is 5.95. The highest BCUT2D eigenvalue weighted by Gasteiger charge is 2.14. The number of carbonyl (C=O) groups excluding carboxylic acids is 1. The molecule has 1 fully saturated rings. The summed E-state index contributed by atoms with van der Waals surface area (Å²) in [7, 11) is 0. The van der Waals surface area contributed by atoms with E-state index in [1.165, 1.54) is 37.7 Å². The Hall–Kier alpha value is -1.55. The van der Waals surface area contributed by atoms with Crippen molar-refractivity contribution in [1.82, 2.24) is 0 Å². The van der Waals surface area contributed by atoms with Gasteiger partial charge in [0.1, 0.15) is 0 Å². The van der Waals surface area contributed by atoms with E-state index >= 15 is 0 Å². The van der Waals surface area contributed by atoms with E-state index in [2.05, 4.69) is 24.0 Å². The van der Waals surface area contributed by atoms with Crippen LogP contribution in [0.3, 0.4) is 0 Å². The van der Waals surface area contributed by atoms with Gasteiger partial charge in [-0.2, -0.15) is 0 Å². The highest BCUT2D eigenvalue weighted by Crippen LogP contribution is 2.32. The van der Waals surface area contributed by atoms with Crippen molar-refractivity contribution in [2.75, 3.05) is 0 Å². The molecule has 0 heterocycles. The summed E-state index contributed by atoms with van der Waals surface area (Å²) in [4.78, 5) is 10.1. The van der Waals surface area contributed by atoms with Gasteiger partial charge in [0.25, 0.3) is 0 Å². The van der Waals surface area contributed by atoms with E-state index in [9.17, 15) is 4.79 Å². The van der Waals surface area contributed by atoms with Gasteiger partial charge >= 0.3 is 0 Å². The zero-order valence-corrected chi connectivity index (χ0v) is 9.41. The van der Waals surface area contributed by atoms with Gasteiger partial charge in [0.15, 0.2) is 6.29 Å². The molecule has 82 valence electrons. The zero-order valence-electron chi connectivity index (χ0n) is 9.41. The van der Waals surface area contributed by atoms with Crippen LogP contribution in [0.1, 0.15) is 49.1 Å². The summed E-state index contributed by atoms with van der Waals surface area (Å²) < 4.78 is 0. The monoisotopic (exact) mass is 212 g/mol. The van der Waals surface area contributed by atoms with Gasteiger partial charge in [-0.15, -0.1) is 0 Å². The number of hydrogen-bond acceptors (Lipinski definition) is 1. The highest BCUT2D eigenvalue weighted by atomic mass is 16.1. The molecule has 1 aromatic carbocycles. The molecule has 0 atom stereocenters. The first kappa shape index (κ1) is 11.0. The van der Waals surface area contributed by atoms with Gasteiger partial charge in [0.2, 0.25) is 0 Å². The van der Waals surface area contributed by atoms with Crippen molar-refractivity contribution in [3.05, 3.63) is 35.4 Å². The third-order valence-corrected chi connectivity index (χ3v) is 3.26. The average Bonchev–Trinajstić information content (AvgIpc) is 2.38. The molecule has 0 bridgehead atoms. The minimum absolute atomic E-state index is 0.634. The lowest BCUT2D eigenvalue weighted by Gasteiger charge is -2.21. The van der Waals surface area contributed by atoms with Gasteiger partial charge in [0.05, 0.1) is 0 Å². The first-order chi connectivity index (χ1) is 7.90. The maximum Gasteiger partial charge on any atom is 0.193 e. The Bertz CT molecular complexity index is 399. The van der Waals surface area contributed by atoms with Crippen LogP contribution in [-0.2, 0) is 4.79 Å². The van der Waals surface area contributed by atoms with E-state index in [1.807, 2.05) is 12.1 Å². The minimum atomic E-state index is 0.634. The second kappa shape index (κ2) is 5.51. The fourth-order valence-corrected chi connectivity index (χ4v) is 2.39. The van der Waals surface area contributed by atoms with Crippen molar-refractivity contribution < 1.29 is 4.79 Å². The Labute approximate surface area is 96.9 Å². The molecule has 0 amide bonds. The van der Waals surface area contributed by atoms with Crippen LogP contribution >= 0.6 is 0 Å². The van der Waals surface area contributed by atoms with Gasteiger partial charge in [-0.3, -0.25) is 4.79 Å². The summed E-state index contributed by atoms with van der Waals surface area (Å²) in [5.41, 5.74) is 2.35. The molecule has 0 aliphatic heterocycles. The molecule has 1 aliphatic rings. The zero-order chi connectivity index (χ0) is 11.2. The summed E-state index contributed by atoms with van der Waals surface area (Å²) in [6.07, 6.45) is 7.38. The number of aldehydes is 1. The molecule has 0 radical (unpaired) electrons. The predicted molar refractivity (Wildman–Crippen MR) is 65.2 cm³/mol. The molecule has 0 aromatic heterocycles. The van der Waals surface area contributed by atoms with E-state index in [1.54, 1.807) is 0 Å². The Morgan fingerprint density at radius 2 is 1.75 bits per heavy atom. The van der Waals surface area contributed by atoms with Crippen molar-refractivity contribution >= 4 is 6.29 Å². The molecule has 0 unspecified atom stereocenters. The first-order valence-corrected chi connectivity index (χ1v) is 5.95. The summed E-state index contributed by atoms with van der Waals surface area (Å²) in [5, 5.41) is 0. The average molecular weight is 212 g/mol. The molecule has 1 aliphatic carbocycles. The molecule has 2 rings (SSSR count). The van der Waals surface area contributed by atoms with E-state index in [-0.39, 0.29) is 0 Å². The fourth-order valence-electron chi connectivity index (χ4n) is 2.39. The molecule has 1 aromatic rings. The highest BCUT2D eigenvalue weighted by molar-refractivity contribution is 5.73. The van der Waals surface area contributed by atoms with Crippen LogP contribution in [0.2, 0.25) is 0 Å². The van der Waals surface area contributed by atoms with Gasteiger partial charge in [0, 0.05) is 5.56 Å². The van der Waals surface area contributed by atoms with Crippen LogP contribution < -0.4 is 0 Å². The quantitative estimate of drug-likeness (QED) is 0.515. The number of hydrogen-bond donors (Lipinski definition) is 0. The molecule has 16 heavy (non-hydrogen) atoms. The number of benzene rings is 1. The minimum Gasteiger partial charge on any atom is -0.289 e. The van der Waals surface area contributed by atoms with Gasteiger partial charge < -0.3 is 0 Å². The Kier molecular flexibility index (Phi) is 3.77. The van der Waals surface area contributed by atoms with Crippen molar-refractivity contribution in [3.63, 3.8) is 0 Å². The molecule has 0 saturated heterocycles. The predicted octanol–water partition coefficient (Wildman–Crippen LogP) is 3.28. The Morgan fingerprint density at radius 3 is 2.38 bits per heavy atom. The lowest BCUT2D eigenvalue weighted by molar-refractivity contribution is -0.103. The van der Waals surface area contributed by atoms with Crippen LogP contribution in [0.4, 0.5) is 0 Å². The van der Waals surface area contributed by atoms with Crippen molar-refractivity contribution in [2.45, 2.75) is 38.0 Å². The van der Waals surface area contributed by atoms with Gasteiger partial charge in [-0.1, -0.05) is 37.3 Å². The lowest BCUT2D eigenvalue weighted by atomic mass is 9.84. The maximum absolute atomic E-state index is 10.1. The third-order valence-electron chi connectivity index (χ3n) is 3.26. The van der Waals surface area contributed by atoms with Crippen LogP contribution in [-0.4, -0.2) is 6.29 Å². The smallest absolute Gasteiger partial charge is 0.193 e. The molecular weight excluding hydrogens is 196 g/mol. The number of rotatable bonds is 1. The van der Waals surface area contributed by atoms with E-state index in [0.717, 1.165) is 11.5 Å². The van der Waals surface area contributed by atoms with E-state index in [0.29, 0.717) is 6.29 Å². The summed E-state index contributed by atoms with van der Waals surface area (Å²) in [6, 6.07) is 8.34. The SMILES string of the molecule is O=CC#Cc1ccc(C2CCCCC2)cc1. The normalized spacial score (nSPS) is 16.2. The van der Waals surface area contributed by atoms with Crippen LogP contribution in [0.5, 0.6) is 0 Å². The van der Waals surface area contributed by atoms with Crippen LogP contribution in [0.25, 0.3) is 0 Å². The van der Waals surface area contributed by atoms with Gasteiger partial charge in [-0.25, -0.2) is 0 Å². The maximum atomic E-state index is 10.1. The Balaban J connectivity index is 2.08. The lowest BCUT2D eigenvalue weighted by Crippen LogP contribution is -2.04. The molecule has 1 heteroatoms. The molecule has 0 N–H and O–H groups in total. The molecule has 0 spiro atoms. The van der Waals surface area contributed by atoms with E-state index in [4.69, 9.17) is 0 Å². The van der Waals surface area contributed by atoms with Crippen LogP contribution in [0.15, 0.2) is 24.3 Å². The van der Waals surface area contributed by atoms with Crippen molar-refractivity contribution in [3.8, 4) is 11.8 Å². The fraction of sp³-hybridized carbons (Fsp3) is 0.400. The van der Waals surface area contributed by atoms with Gasteiger partial charge in [-0.05, 0) is 42.4 Å². The Morgan fingerprint density at radius 1 is 1.06 bits per heavy atom. The largest absolute Gasteiger partial charge is 0.289 e. The van der Waals surface area contributed by atoms with E-state index < -0.39 is 0 Å². The summed E-state index contributed by atoms with van der Waals surface area (Å²) >= 11 is 0. The van der Waals surface area contributed by atoms with Crippen molar-refractivity contribution in [2.24, 2.45) is 0 Å². The topological polar surface area (TPSA) is 17.1 Å². The third kappa shape index (κ3) is 2.73. The van der Waals surface area contributed by atoms with Crippen molar-refractivity contribution in [1.29, 1.82) is 0 Å². The summed E-state index contributed by atoms with van der Waals surface area (Å²) in [5.74, 6) is 5.98. The van der Waals surface area contributed by atoms with Crippen LogP contribution in [0, 0.1) is 11.8 Å². The second-order valence-corrected chi connectivity index (χ2v) is 4.34. The molecule has 1 saturated carbocycles. The standard InChI is InChI=1S/C15H16O/c16-12-4-5-13-8-10-15(11-9-13)14-6-2-1-3-7-14/h8-12,14H,1-3,6-7H2. The number of carbonyl (C=O) groups is 1. The second-order valence-electron chi connectivity index (χ2n) is 4.34.